The molecule has 0 saturated carbocycles. The van der Waals surface area contributed by atoms with Crippen LogP contribution in [-0.2, 0) is 6.18 Å². The summed E-state index contributed by atoms with van der Waals surface area (Å²) in [6.07, 6.45) is -1.73. The second kappa shape index (κ2) is 9.76. The lowest BCUT2D eigenvalue weighted by atomic mass is 9.96. The fourth-order valence-electron chi connectivity index (χ4n) is 5.19. The second-order valence-electron chi connectivity index (χ2n) is 9.84. The molecular weight excluding hydrogens is 505 g/mol. The van der Waals surface area contributed by atoms with Crippen LogP contribution in [0.5, 0.6) is 5.75 Å². The molecule has 1 fully saturated rings. The molecule has 10 heteroatoms. The summed E-state index contributed by atoms with van der Waals surface area (Å²) in [5.74, 6) is 1.64. The van der Waals surface area contributed by atoms with E-state index in [-0.39, 0.29) is 11.6 Å². The summed E-state index contributed by atoms with van der Waals surface area (Å²) in [6, 6.07) is 16.8. The van der Waals surface area contributed by atoms with Crippen molar-refractivity contribution >= 4 is 16.9 Å². The first-order valence-electron chi connectivity index (χ1n) is 12.8. The van der Waals surface area contributed by atoms with Crippen molar-refractivity contribution in [2.24, 2.45) is 0 Å². The largest absolute Gasteiger partial charge is 0.497 e. The van der Waals surface area contributed by atoms with Gasteiger partial charge in [-0.15, -0.1) is 0 Å². The summed E-state index contributed by atoms with van der Waals surface area (Å²) in [6.45, 7) is 3.33. The van der Waals surface area contributed by atoms with Gasteiger partial charge in [-0.2, -0.15) is 13.2 Å². The molecule has 0 bridgehead atoms. The van der Waals surface area contributed by atoms with Crippen LogP contribution in [0, 0.1) is 6.92 Å². The summed E-state index contributed by atoms with van der Waals surface area (Å²) in [4.78, 5) is 21.6. The van der Waals surface area contributed by atoms with Crippen molar-refractivity contribution in [1.82, 2.24) is 24.9 Å². The fourth-order valence-corrected chi connectivity index (χ4v) is 5.19. The number of methoxy groups -OCH3 is 1. The molecule has 4 heterocycles. The van der Waals surface area contributed by atoms with E-state index in [4.69, 9.17) is 4.74 Å². The van der Waals surface area contributed by atoms with Crippen molar-refractivity contribution < 1.29 is 17.9 Å². The highest BCUT2D eigenvalue weighted by atomic mass is 19.4. The van der Waals surface area contributed by atoms with Crippen molar-refractivity contribution in [3.63, 3.8) is 0 Å². The third-order valence-electron chi connectivity index (χ3n) is 7.32. The predicted molar refractivity (Wildman–Crippen MR) is 144 cm³/mol. The Hall–Kier alpha value is -4.34. The predicted octanol–water partition coefficient (Wildman–Crippen LogP) is 6.73. The van der Waals surface area contributed by atoms with Gasteiger partial charge in [0.2, 0.25) is 0 Å². The van der Waals surface area contributed by atoms with Gasteiger partial charge in [0, 0.05) is 30.3 Å². The van der Waals surface area contributed by atoms with E-state index in [0.29, 0.717) is 43.1 Å². The summed E-state index contributed by atoms with van der Waals surface area (Å²) >= 11 is 0. The number of nitrogens with zero attached hydrogens (tertiary/aromatic N) is 4. The number of hydrogen-bond donors (Lipinski definition) is 2. The molecule has 0 aliphatic carbocycles. The van der Waals surface area contributed by atoms with Gasteiger partial charge in [-0.3, -0.25) is 0 Å². The zero-order valence-electron chi connectivity index (χ0n) is 21.5. The van der Waals surface area contributed by atoms with Gasteiger partial charge < -0.3 is 19.6 Å². The number of aromatic nitrogens is 5. The van der Waals surface area contributed by atoms with Crippen molar-refractivity contribution in [2.45, 2.75) is 31.9 Å². The van der Waals surface area contributed by atoms with Crippen LogP contribution >= 0.6 is 0 Å². The Morgan fingerprint density at radius 2 is 1.62 bits per heavy atom. The Bertz CT molecular complexity index is 1600. The summed E-state index contributed by atoms with van der Waals surface area (Å²) in [5, 5.41) is 0.922. The number of nitrogens with one attached hydrogen (secondary N) is 2. The molecule has 39 heavy (non-hydrogen) atoms. The molecule has 2 aromatic carbocycles. The molecule has 0 unspecified atom stereocenters. The van der Waals surface area contributed by atoms with Crippen LogP contribution in [0.2, 0.25) is 0 Å². The van der Waals surface area contributed by atoms with Gasteiger partial charge in [0.05, 0.1) is 18.2 Å². The monoisotopic (exact) mass is 532 g/mol. The number of hydrogen-bond acceptors (Lipinski definition) is 5. The van der Waals surface area contributed by atoms with Crippen LogP contribution < -0.4 is 9.64 Å². The molecule has 3 aromatic heterocycles. The van der Waals surface area contributed by atoms with E-state index >= 15 is 0 Å². The van der Waals surface area contributed by atoms with E-state index in [2.05, 4.69) is 67.1 Å². The molecule has 0 radical (unpaired) electrons. The van der Waals surface area contributed by atoms with Crippen molar-refractivity contribution in [2.75, 3.05) is 25.1 Å². The normalized spacial score (nSPS) is 14.7. The van der Waals surface area contributed by atoms with Crippen LogP contribution in [0.25, 0.3) is 33.5 Å². The highest BCUT2D eigenvalue weighted by molar-refractivity contribution is 5.92. The third-order valence-corrected chi connectivity index (χ3v) is 7.32. The molecular formula is C29H27F3N6O. The Morgan fingerprint density at radius 1 is 0.923 bits per heavy atom. The SMILES string of the molecule is COc1ccc(-c2[nH]c(C3CCN(c4ncnc5[nH]c(-c6ccc(C)cc6)cc45)CC3)nc2C(F)(F)F)cc1. The number of benzene rings is 2. The van der Waals surface area contributed by atoms with Crippen LogP contribution in [0.15, 0.2) is 60.9 Å². The standard InChI is InChI=1S/C29H27F3N6O/c1-17-3-5-18(6-4-17)23-15-22-27(35-23)33-16-34-28(22)38-13-11-20(12-14-38)26-36-24(25(37-26)29(30,31)32)19-7-9-21(39-2)10-8-19/h3-10,15-16,20H,11-14H2,1-2H3,(H,36,37)(H,33,34,35). The van der Waals surface area contributed by atoms with Crippen molar-refractivity contribution in [1.29, 1.82) is 0 Å². The van der Waals surface area contributed by atoms with Crippen LogP contribution in [0.3, 0.4) is 0 Å². The number of anilines is 1. The van der Waals surface area contributed by atoms with E-state index in [9.17, 15) is 13.2 Å². The molecule has 7 nitrogen and oxygen atoms in total. The molecule has 5 aromatic rings. The van der Waals surface area contributed by atoms with Gasteiger partial charge in [-0.05, 0) is 55.7 Å². The summed E-state index contributed by atoms with van der Waals surface area (Å²) in [5.41, 5.74) is 3.47. The zero-order chi connectivity index (χ0) is 27.1. The molecule has 1 aliphatic heterocycles. The van der Waals surface area contributed by atoms with E-state index < -0.39 is 11.9 Å². The minimum atomic E-state index is -4.57. The van der Waals surface area contributed by atoms with Gasteiger partial charge in [0.15, 0.2) is 5.69 Å². The zero-order valence-corrected chi connectivity index (χ0v) is 21.5. The average molecular weight is 533 g/mol. The van der Waals surface area contributed by atoms with Crippen LogP contribution in [-0.4, -0.2) is 45.1 Å². The third kappa shape index (κ3) is 4.82. The maximum Gasteiger partial charge on any atom is 0.435 e. The number of piperidine rings is 1. The van der Waals surface area contributed by atoms with Gasteiger partial charge in [0.25, 0.3) is 0 Å². The number of rotatable bonds is 5. The molecule has 0 atom stereocenters. The maximum absolute atomic E-state index is 13.9. The first-order chi connectivity index (χ1) is 18.8. The number of alkyl halides is 3. The Balaban J connectivity index is 1.24. The van der Waals surface area contributed by atoms with Gasteiger partial charge in [-0.25, -0.2) is 15.0 Å². The minimum absolute atomic E-state index is 0.0175. The number of aryl methyl sites for hydroxylation is 1. The van der Waals surface area contributed by atoms with E-state index in [1.807, 2.05) is 0 Å². The lowest BCUT2D eigenvalue weighted by Crippen LogP contribution is -2.34. The van der Waals surface area contributed by atoms with Gasteiger partial charge >= 0.3 is 6.18 Å². The van der Waals surface area contributed by atoms with E-state index in [0.717, 1.165) is 28.1 Å². The number of aromatic amines is 2. The summed E-state index contributed by atoms with van der Waals surface area (Å²) in [7, 11) is 1.52. The minimum Gasteiger partial charge on any atom is -0.497 e. The molecule has 1 saturated heterocycles. The first kappa shape index (κ1) is 25.0. The topological polar surface area (TPSA) is 82.7 Å². The second-order valence-corrected chi connectivity index (χ2v) is 9.84. The lowest BCUT2D eigenvalue weighted by molar-refractivity contribution is -0.140. The molecule has 2 N–H and O–H groups in total. The number of imidazole rings is 1. The van der Waals surface area contributed by atoms with Crippen LogP contribution in [0.1, 0.15) is 35.8 Å². The van der Waals surface area contributed by atoms with Gasteiger partial charge in [-0.1, -0.05) is 29.8 Å². The summed E-state index contributed by atoms with van der Waals surface area (Å²) < 4.78 is 46.9. The molecule has 1 aliphatic rings. The first-order valence-corrected chi connectivity index (χ1v) is 12.8. The number of halogens is 3. The highest BCUT2D eigenvalue weighted by Gasteiger charge is 2.39. The van der Waals surface area contributed by atoms with E-state index in [1.54, 1.807) is 30.6 Å². The maximum atomic E-state index is 13.9. The highest BCUT2D eigenvalue weighted by Crippen LogP contribution is 2.39. The van der Waals surface area contributed by atoms with Crippen molar-refractivity contribution in [3.8, 4) is 28.3 Å². The average Bonchev–Trinajstić information content (AvgIpc) is 3.59. The number of H-pyrrole nitrogens is 2. The molecule has 6 rings (SSSR count). The fraction of sp³-hybridized carbons (Fsp3) is 0.276. The molecule has 0 amide bonds. The smallest absolute Gasteiger partial charge is 0.435 e. The van der Waals surface area contributed by atoms with Crippen molar-refractivity contribution in [3.05, 3.63) is 78.0 Å². The number of ether oxygens (including phenoxy) is 1. The van der Waals surface area contributed by atoms with Crippen LogP contribution in [0.4, 0.5) is 19.0 Å². The lowest BCUT2D eigenvalue weighted by Gasteiger charge is -2.32. The Morgan fingerprint density at radius 3 is 2.28 bits per heavy atom. The molecule has 200 valence electrons. The van der Waals surface area contributed by atoms with Gasteiger partial charge in [0.1, 0.15) is 29.4 Å². The Kier molecular flexibility index (Phi) is 6.25. The Labute approximate surface area is 223 Å². The quantitative estimate of drug-likeness (QED) is 0.262. The van der Waals surface area contributed by atoms with E-state index in [1.165, 1.54) is 12.7 Å². The molecule has 0 spiro atoms. The number of fused-ring (bicyclic) bond motifs is 1.